The van der Waals surface area contributed by atoms with Crippen molar-refractivity contribution in [1.82, 2.24) is 4.98 Å². The molecular weight excluding hydrogens is 230 g/mol. The average molecular weight is 242 g/mol. The fourth-order valence-corrected chi connectivity index (χ4v) is 2.28. The molecule has 2 heterocycles. The Kier molecular flexibility index (Phi) is 2.40. The summed E-state index contributed by atoms with van der Waals surface area (Å²) in [6, 6.07) is 8.07. The van der Waals surface area contributed by atoms with Gasteiger partial charge in [-0.2, -0.15) is 0 Å². The number of rotatable bonds is 2. The first-order chi connectivity index (χ1) is 8.81. The molecule has 0 aliphatic carbocycles. The van der Waals surface area contributed by atoms with Gasteiger partial charge < -0.3 is 5.73 Å². The van der Waals surface area contributed by atoms with Crippen molar-refractivity contribution in [2.75, 3.05) is 17.2 Å². The summed E-state index contributed by atoms with van der Waals surface area (Å²) in [5, 5.41) is 2.98. The number of nitrogens with two attached hydrogens (primary N) is 1. The minimum absolute atomic E-state index is 0.142. The highest BCUT2D eigenvalue weighted by molar-refractivity contribution is 5.77. The molecule has 1 aromatic heterocycles. The number of nitroso groups, excluding NO2 is 1. The molecular formula is C12H12N5O+. The van der Waals surface area contributed by atoms with Crippen LogP contribution in [0.15, 0.2) is 35.8 Å². The van der Waals surface area contributed by atoms with Gasteiger partial charge in [-0.1, -0.05) is 23.2 Å². The number of anilines is 3. The van der Waals surface area contributed by atoms with Crippen LogP contribution in [-0.2, 0) is 6.42 Å². The molecule has 2 aromatic rings. The predicted octanol–water partition coefficient (Wildman–Crippen LogP) is 1.57. The maximum absolute atomic E-state index is 10.9. The van der Waals surface area contributed by atoms with E-state index in [0.29, 0.717) is 5.82 Å². The van der Waals surface area contributed by atoms with Gasteiger partial charge in [-0.3, -0.25) is 4.90 Å². The van der Waals surface area contributed by atoms with Crippen molar-refractivity contribution < 1.29 is 4.98 Å². The smallest absolute Gasteiger partial charge is 0.261 e. The number of aromatic amines is 1. The van der Waals surface area contributed by atoms with Gasteiger partial charge in [0, 0.05) is 6.42 Å². The Bertz CT molecular complexity index is 613. The molecule has 0 unspecified atom stereocenters. The Morgan fingerprint density at radius 3 is 3.06 bits per heavy atom. The first kappa shape index (κ1) is 10.6. The number of H-pyrrole nitrogens is 1. The molecule has 0 fully saturated rings. The molecule has 18 heavy (non-hydrogen) atoms. The molecule has 3 N–H and O–H groups in total. The van der Waals surface area contributed by atoms with Crippen molar-refractivity contribution in [1.29, 1.82) is 0 Å². The third kappa shape index (κ3) is 1.50. The molecule has 0 spiro atoms. The van der Waals surface area contributed by atoms with E-state index in [4.69, 9.17) is 5.73 Å². The van der Waals surface area contributed by atoms with E-state index in [-0.39, 0.29) is 11.5 Å². The van der Waals surface area contributed by atoms with Crippen LogP contribution in [-0.4, -0.2) is 11.5 Å². The summed E-state index contributed by atoms with van der Waals surface area (Å²) in [4.78, 5) is 19.7. The van der Waals surface area contributed by atoms with Gasteiger partial charge >= 0.3 is 0 Å². The zero-order valence-electron chi connectivity index (χ0n) is 9.63. The van der Waals surface area contributed by atoms with Crippen LogP contribution in [0.3, 0.4) is 0 Å². The third-order valence-electron chi connectivity index (χ3n) is 3.12. The lowest BCUT2D eigenvalue weighted by molar-refractivity contribution is -0.367. The molecule has 0 bridgehead atoms. The van der Waals surface area contributed by atoms with Gasteiger partial charge in [0.05, 0.1) is 6.54 Å². The Balaban J connectivity index is 2.13. The van der Waals surface area contributed by atoms with Crippen LogP contribution >= 0.6 is 0 Å². The van der Waals surface area contributed by atoms with Crippen LogP contribution in [0.1, 0.15) is 5.56 Å². The molecule has 90 valence electrons. The lowest BCUT2D eigenvalue weighted by Gasteiger charge is -2.13. The summed E-state index contributed by atoms with van der Waals surface area (Å²) in [6.45, 7) is 0.793. The monoisotopic (exact) mass is 242 g/mol. The number of hydrogen-bond donors (Lipinski definition) is 1. The van der Waals surface area contributed by atoms with Gasteiger partial charge in [-0.05, 0) is 16.8 Å². The second-order valence-corrected chi connectivity index (χ2v) is 4.11. The number of nitrogens with zero attached hydrogens (tertiary/aromatic N) is 3. The number of aromatic nitrogens is 2. The quantitative estimate of drug-likeness (QED) is 0.810. The van der Waals surface area contributed by atoms with Crippen LogP contribution in [0.25, 0.3) is 0 Å². The van der Waals surface area contributed by atoms with Crippen molar-refractivity contribution in [3.8, 4) is 0 Å². The van der Waals surface area contributed by atoms with Gasteiger partial charge in [0.2, 0.25) is 17.8 Å². The minimum Gasteiger partial charge on any atom is -0.368 e. The lowest BCUT2D eigenvalue weighted by atomic mass is 10.2. The van der Waals surface area contributed by atoms with Crippen molar-refractivity contribution in [2.24, 2.45) is 5.18 Å². The van der Waals surface area contributed by atoms with Crippen molar-refractivity contribution in [2.45, 2.75) is 6.42 Å². The molecule has 0 radical (unpaired) electrons. The maximum atomic E-state index is 10.9. The second-order valence-electron chi connectivity index (χ2n) is 4.11. The molecule has 1 aliphatic rings. The minimum atomic E-state index is 0.142. The van der Waals surface area contributed by atoms with Crippen molar-refractivity contribution >= 4 is 23.0 Å². The highest BCUT2D eigenvalue weighted by atomic mass is 16.3. The molecule has 3 rings (SSSR count). The first-order valence-electron chi connectivity index (χ1n) is 5.66. The number of para-hydroxylation sites is 1. The van der Waals surface area contributed by atoms with E-state index in [0.717, 1.165) is 18.7 Å². The highest BCUT2D eigenvalue weighted by Gasteiger charge is 2.29. The third-order valence-corrected chi connectivity index (χ3v) is 3.12. The normalized spacial score (nSPS) is 13.4. The summed E-state index contributed by atoms with van der Waals surface area (Å²) in [7, 11) is 0. The number of nitrogen functional groups attached to an aromatic ring is 1. The van der Waals surface area contributed by atoms with E-state index in [1.165, 1.54) is 11.9 Å². The summed E-state index contributed by atoms with van der Waals surface area (Å²) in [5.74, 6) is 0.741. The number of fused-ring (bicyclic) bond motifs is 1. The molecule has 0 amide bonds. The molecule has 6 heteroatoms. The SMILES string of the molecule is Nc1nc[nH+]c(N2CCc3ccccc32)c1N=O. The Labute approximate surface area is 103 Å². The van der Waals surface area contributed by atoms with Crippen LogP contribution in [0.5, 0.6) is 0 Å². The number of benzene rings is 1. The van der Waals surface area contributed by atoms with E-state index in [2.05, 4.69) is 21.2 Å². The Morgan fingerprint density at radius 1 is 1.39 bits per heavy atom. The summed E-state index contributed by atoms with van der Waals surface area (Å²) in [5.41, 5.74) is 8.15. The Hall–Kier alpha value is -2.50. The topological polar surface area (TPSA) is 85.7 Å². The van der Waals surface area contributed by atoms with Gasteiger partial charge in [0.15, 0.2) is 0 Å². The average Bonchev–Trinajstić information content (AvgIpc) is 2.82. The fourth-order valence-electron chi connectivity index (χ4n) is 2.28. The molecule has 0 saturated carbocycles. The van der Waals surface area contributed by atoms with Gasteiger partial charge in [0.25, 0.3) is 5.82 Å². The van der Waals surface area contributed by atoms with Crippen LogP contribution in [0.4, 0.5) is 23.0 Å². The highest BCUT2D eigenvalue weighted by Crippen LogP contribution is 2.37. The van der Waals surface area contributed by atoms with Crippen LogP contribution in [0, 0.1) is 4.91 Å². The van der Waals surface area contributed by atoms with Gasteiger partial charge in [-0.25, -0.2) is 4.98 Å². The summed E-state index contributed by atoms with van der Waals surface area (Å²) >= 11 is 0. The van der Waals surface area contributed by atoms with Crippen molar-refractivity contribution in [3.63, 3.8) is 0 Å². The standard InChI is InChI=1S/C12H11N5O/c13-11-10(16-18)12(15-7-14-11)17-6-5-8-3-1-2-4-9(8)17/h1-4,7H,5-6H2,(H2,13,14,15)/p+1. The van der Waals surface area contributed by atoms with Gasteiger partial charge in [0.1, 0.15) is 5.69 Å². The van der Waals surface area contributed by atoms with Gasteiger partial charge in [-0.15, -0.1) is 4.91 Å². The van der Waals surface area contributed by atoms with Crippen LogP contribution < -0.4 is 15.6 Å². The molecule has 1 aromatic carbocycles. The fraction of sp³-hybridized carbons (Fsp3) is 0.167. The Morgan fingerprint density at radius 2 is 2.22 bits per heavy atom. The number of nitrogens with one attached hydrogen (secondary N) is 1. The summed E-state index contributed by atoms with van der Waals surface area (Å²) in [6.07, 6.45) is 2.41. The summed E-state index contributed by atoms with van der Waals surface area (Å²) < 4.78 is 0. The molecule has 1 aliphatic heterocycles. The lowest BCUT2D eigenvalue weighted by Crippen LogP contribution is -2.23. The largest absolute Gasteiger partial charge is 0.368 e. The maximum Gasteiger partial charge on any atom is 0.261 e. The second kappa shape index (κ2) is 4.06. The van der Waals surface area contributed by atoms with Crippen LogP contribution in [0.2, 0.25) is 0 Å². The number of hydrogen-bond acceptors (Lipinski definition) is 5. The zero-order valence-corrected chi connectivity index (χ0v) is 9.63. The van der Waals surface area contributed by atoms with E-state index in [1.807, 2.05) is 23.1 Å². The van der Waals surface area contributed by atoms with Crippen molar-refractivity contribution in [3.05, 3.63) is 41.1 Å². The predicted molar refractivity (Wildman–Crippen MR) is 67.8 cm³/mol. The van der Waals surface area contributed by atoms with E-state index in [1.54, 1.807) is 0 Å². The van der Waals surface area contributed by atoms with E-state index in [9.17, 15) is 4.91 Å². The molecule has 6 nitrogen and oxygen atoms in total. The van der Waals surface area contributed by atoms with E-state index >= 15 is 0 Å². The zero-order chi connectivity index (χ0) is 12.5. The van der Waals surface area contributed by atoms with E-state index < -0.39 is 0 Å². The molecule has 0 atom stereocenters. The molecule has 0 saturated heterocycles. The first-order valence-corrected chi connectivity index (χ1v) is 5.66.